The van der Waals surface area contributed by atoms with Gasteiger partial charge in [0.2, 0.25) is 0 Å². The molecule has 0 aromatic rings. The van der Waals surface area contributed by atoms with Gasteiger partial charge < -0.3 is 4.74 Å². The predicted molar refractivity (Wildman–Crippen MR) is 65.0 cm³/mol. The minimum atomic E-state index is 0.124. The van der Waals surface area contributed by atoms with Crippen molar-refractivity contribution in [2.45, 2.75) is 69.9 Å². The van der Waals surface area contributed by atoms with Crippen LogP contribution < -0.4 is 0 Å². The summed E-state index contributed by atoms with van der Waals surface area (Å²) in [4.78, 5) is 0.611. The molecule has 14 heavy (non-hydrogen) atoms. The van der Waals surface area contributed by atoms with Gasteiger partial charge in [-0.05, 0) is 39.0 Å². The van der Waals surface area contributed by atoms with Crippen LogP contribution in [0.2, 0.25) is 0 Å². The van der Waals surface area contributed by atoms with Crippen LogP contribution in [-0.2, 0) is 4.74 Å². The van der Waals surface area contributed by atoms with E-state index in [-0.39, 0.29) is 5.60 Å². The van der Waals surface area contributed by atoms with Crippen LogP contribution >= 0.6 is 15.9 Å². The Balaban J connectivity index is 2.38. The number of ether oxygens (including phenoxy) is 1. The van der Waals surface area contributed by atoms with Gasteiger partial charge in [0, 0.05) is 4.83 Å². The van der Waals surface area contributed by atoms with Crippen molar-refractivity contribution in [2.24, 2.45) is 5.92 Å². The van der Waals surface area contributed by atoms with Gasteiger partial charge in [-0.15, -0.1) is 0 Å². The third-order valence-electron chi connectivity index (χ3n) is 3.29. The third kappa shape index (κ3) is 3.54. The van der Waals surface area contributed by atoms with Crippen molar-refractivity contribution < 1.29 is 4.74 Å². The molecule has 0 aromatic heterocycles. The molecule has 1 heterocycles. The van der Waals surface area contributed by atoms with Crippen LogP contribution in [0.15, 0.2) is 0 Å². The number of halogens is 1. The monoisotopic (exact) mass is 262 g/mol. The van der Waals surface area contributed by atoms with Crippen LogP contribution in [0, 0.1) is 5.92 Å². The van der Waals surface area contributed by atoms with Gasteiger partial charge in [-0.3, -0.25) is 0 Å². The van der Waals surface area contributed by atoms with Crippen LogP contribution in [0.1, 0.15) is 53.4 Å². The zero-order chi connectivity index (χ0) is 10.8. The van der Waals surface area contributed by atoms with E-state index < -0.39 is 0 Å². The van der Waals surface area contributed by atoms with Gasteiger partial charge in [0.25, 0.3) is 0 Å². The smallest absolute Gasteiger partial charge is 0.0631 e. The molecule has 0 spiro atoms. The Labute approximate surface area is 96.7 Å². The maximum Gasteiger partial charge on any atom is 0.0631 e. The maximum atomic E-state index is 6.01. The van der Waals surface area contributed by atoms with Crippen molar-refractivity contribution in [3.05, 3.63) is 0 Å². The summed E-state index contributed by atoms with van der Waals surface area (Å²) in [7, 11) is 0. The number of hydrogen-bond donors (Lipinski definition) is 0. The topological polar surface area (TPSA) is 9.23 Å². The lowest BCUT2D eigenvalue weighted by Crippen LogP contribution is -2.23. The minimum absolute atomic E-state index is 0.124. The molecule has 1 aliphatic heterocycles. The van der Waals surface area contributed by atoms with Crippen LogP contribution in [0.4, 0.5) is 0 Å². The standard InChI is InChI=1S/C12H23BrO/c1-5-10(9(2)13)8-11-6-7-12(3,4)14-11/h9-11H,5-8H2,1-4H3. The van der Waals surface area contributed by atoms with Gasteiger partial charge in [-0.2, -0.15) is 0 Å². The molecule has 0 radical (unpaired) electrons. The molecule has 0 aliphatic carbocycles. The molecule has 0 saturated carbocycles. The van der Waals surface area contributed by atoms with Gasteiger partial charge in [0.15, 0.2) is 0 Å². The van der Waals surface area contributed by atoms with E-state index in [0.29, 0.717) is 10.9 Å². The fourth-order valence-corrected chi connectivity index (χ4v) is 2.85. The van der Waals surface area contributed by atoms with E-state index in [1.807, 2.05) is 0 Å². The molecule has 1 aliphatic rings. The van der Waals surface area contributed by atoms with Gasteiger partial charge in [-0.1, -0.05) is 36.2 Å². The van der Waals surface area contributed by atoms with Crippen molar-refractivity contribution >= 4 is 15.9 Å². The molecule has 0 N–H and O–H groups in total. The van der Waals surface area contributed by atoms with Gasteiger partial charge in [-0.25, -0.2) is 0 Å². The molecule has 1 rings (SSSR count). The lowest BCUT2D eigenvalue weighted by atomic mass is 9.94. The van der Waals surface area contributed by atoms with Crippen molar-refractivity contribution in [3.63, 3.8) is 0 Å². The van der Waals surface area contributed by atoms with E-state index in [1.54, 1.807) is 0 Å². The summed E-state index contributed by atoms with van der Waals surface area (Å²) in [6, 6.07) is 0. The van der Waals surface area contributed by atoms with E-state index in [4.69, 9.17) is 4.74 Å². The van der Waals surface area contributed by atoms with Crippen LogP contribution in [-0.4, -0.2) is 16.5 Å². The molecular formula is C12H23BrO. The van der Waals surface area contributed by atoms with Crippen LogP contribution in [0.5, 0.6) is 0 Å². The molecule has 2 heteroatoms. The Morgan fingerprint density at radius 1 is 1.50 bits per heavy atom. The second-order valence-corrected chi connectivity index (χ2v) is 6.56. The molecule has 0 aromatic carbocycles. The van der Waals surface area contributed by atoms with Crippen molar-refractivity contribution in [3.8, 4) is 0 Å². The highest BCUT2D eigenvalue weighted by Gasteiger charge is 2.33. The maximum absolute atomic E-state index is 6.01. The molecule has 1 fully saturated rings. The van der Waals surface area contributed by atoms with Gasteiger partial charge in [0.1, 0.15) is 0 Å². The van der Waals surface area contributed by atoms with Crippen molar-refractivity contribution in [2.75, 3.05) is 0 Å². The number of hydrogen-bond acceptors (Lipinski definition) is 1. The molecule has 1 saturated heterocycles. The molecule has 0 amide bonds. The number of alkyl halides is 1. The summed E-state index contributed by atoms with van der Waals surface area (Å²) in [6.45, 7) is 8.91. The minimum Gasteiger partial charge on any atom is -0.372 e. The summed E-state index contributed by atoms with van der Waals surface area (Å²) in [6.07, 6.45) is 5.41. The Morgan fingerprint density at radius 2 is 2.14 bits per heavy atom. The van der Waals surface area contributed by atoms with E-state index >= 15 is 0 Å². The first-order valence-electron chi connectivity index (χ1n) is 5.76. The Hall–Kier alpha value is 0.440. The second-order valence-electron chi connectivity index (χ2n) is 5.12. The first-order chi connectivity index (χ1) is 6.44. The zero-order valence-corrected chi connectivity index (χ0v) is 11.4. The van der Waals surface area contributed by atoms with Crippen LogP contribution in [0.3, 0.4) is 0 Å². The molecule has 3 unspecified atom stereocenters. The second kappa shape index (κ2) is 4.98. The fraction of sp³-hybridized carbons (Fsp3) is 1.00. The Morgan fingerprint density at radius 3 is 2.50 bits per heavy atom. The van der Waals surface area contributed by atoms with Gasteiger partial charge in [0.05, 0.1) is 11.7 Å². The first-order valence-corrected chi connectivity index (χ1v) is 6.68. The molecule has 0 bridgehead atoms. The summed E-state index contributed by atoms with van der Waals surface area (Å²) < 4.78 is 6.01. The normalized spacial score (nSPS) is 30.2. The zero-order valence-electron chi connectivity index (χ0n) is 9.85. The summed E-state index contributed by atoms with van der Waals surface area (Å²) in [5.74, 6) is 0.758. The number of rotatable bonds is 4. The highest BCUT2D eigenvalue weighted by atomic mass is 79.9. The quantitative estimate of drug-likeness (QED) is 0.692. The predicted octanol–water partition coefficient (Wildman–Crippen LogP) is 4.14. The van der Waals surface area contributed by atoms with Crippen LogP contribution in [0.25, 0.3) is 0 Å². The lowest BCUT2D eigenvalue weighted by Gasteiger charge is -2.24. The first kappa shape index (κ1) is 12.5. The summed E-state index contributed by atoms with van der Waals surface area (Å²) in [5, 5.41) is 0. The summed E-state index contributed by atoms with van der Waals surface area (Å²) >= 11 is 3.68. The molecule has 3 atom stereocenters. The fourth-order valence-electron chi connectivity index (χ4n) is 2.26. The van der Waals surface area contributed by atoms with E-state index in [9.17, 15) is 0 Å². The Kier molecular flexibility index (Phi) is 4.45. The molecular weight excluding hydrogens is 240 g/mol. The largest absolute Gasteiger partial charge is 0.372 e. The highest BCUT2D eigenvalue weighted by molar-refractivity contribution is 9.09. The lowest BCUT2D eigenvalue weighted by molar-refractivity contribution is -0.0245. The summed E-state index contributed by atoms with van der Waals surface area (Å²) in [5.41, 5.74) is 0.124. The van der Waals surface area contributed by atoms with E-state index in [2.05, 4.69) is 43.6 Å². The van der Waals surface area contributed by atoms with E-state index in [0.717, 1.165) is 5.92 Å². The third-order valence-corrected chi connectivity index (χ3v) is 4.04. The molecule has 1 nitrogen and oxygen atoms in total. The highest BCUT2D eigenvalue weighted by Crippen LogP contribution is 2.34. The van der Waals surface area contributed by atoms with Crippen molar-refractivity contribution in [1.29, 1.82) is 0 Å². The Bertz CT molecular complexity index is 177. The molecule has 84 valence electrons. The van der Waals surface area contributed by atoms with Crippen molar-refractivity contribution in [1.82, 2.24) is 0 Å². The van der Waals surface area contributed by atoms with Gasteiger partial charge >= 0.3 is 0 Å². The SMILES string of the molecule is CCC(CC1CCC(C)(C)O1)C(C)Br. The van der Waals surface area contributed by atoms with E-state index in [1.165, 1.54) is 25.7 Å². The average Bonchev–Trinajstić information content (AvgIpc) is 2.41. The average molecular weight is 263 g/mol.